The predicted molar refractivity (Wildman–Crippen MR) is 152 cm³/mol. The van der Waals surface area contributed by atoms with E-state index in [-0.39, 0.29) is 29.9 Å². The molecule has 1 aromatic heterocycles. The first-order valence-electron chi connectivity index (χ1n) is 14.2. The fraction of sp³-hybridized carbons (Fsp3) is 0.567. The molecule has 2 fully saturated rings. The number of hydrogen-bond donors (Lipinski definition) is 2. The topological polar surface area (TPSA) is 123 Å². The maximum absolute atomic E-state index is 12.5. The molecule has 10 heteroatoms. The summed E-state index contributed by atoms with van der Waals surface area (Å²) in [5, 5.41) is 15.7. The van der Waals surface area contributed by atoms with Crippen molar-refractivity contribution in [3.63, 3.8) is 0 Å². The van der Waals surface area contributed by atoms with E-state index in [0.717, 1.165) is 67.8 Å². The fourth-order valence-corrected chi connectivity index (χ4v) is 5.95. The van der Waals surface area contributed by atoms with Crippen LogP contribution in [0, 0.1) is 16.7 Å². The average molecular weight is 546 g/mol. The molecule has 3 aliphatic rings. The van der Waals surface area contributed by atoms with Gasteiger partial charge in [0.2, 0.25) is 11.9 Å². The van der Waals surface area contributed by atoms with Gasteiger partial charge >= 0.3 is 6.09 Å². The minimum Gasteiger partial charge on any atom is -0.444 e. The van der Waals surface area contributed by atoms with E-state index in [1.54, 1.807) is 18.0 Å². The lowest BCUT2D eigenvalue weighted by atomic mass is 9.79. The molecule has 0 saturated carbocycles. The molecular formula is C30H39N7O3. The smallest absolute Gasteiger partial charge is 0.410 e. The van der Waals surface area contributed by atoms with Gasteiger partial charge in [0.1, 0.15) is 11.4 Å². The van der Waals surface area contributed by atoms with Crippen molar-refractivity contribution >= 4 is 23.8 Å². The van der Waals surface area contributed by atoms with Crippen molar-refractivity contribution in [3.05, 3.63) is 46.6 Å². The Labute approximate surface area is 236 Å². The largest absolute Gasteiger partial charge is 0.444 e. The van der Waals surface area contributed by atoms with Gasteiger partial charge in [-0.25, -0.2) is 9.78 Å². The van der Waals surface area contributed by atoms with Crippen molar-refractivity contribution in [1.82, 2.24) is 20.2 Å². The number of benzene rings is 1. The van der Waals surface area contributed by atoms with Crippen LogP contribution in [0.25, 0.3) is 0 Å². The van der Waals surface area contributed by atoms with E-state index in [4.69, 9.17) is 14.7 Å². The summed E-state index contributed by atoms with van der Waals surface area (Å²) in [5.41, 5.74) is 3.12. The van der Waals surface area contributed by atoms with Crippen molar-refractivity contribution in [3.8, 4) is 6.07 Å². The maximum Gasteiger partial charge on any atom is 0.410 e. The number of anilines is 2. The summed E-state index contributed by atoms with van der Waals surface area (Å²) >= 11 is 0. The Morgan fingerprint density at radius 3 is 2.67 bits per heavy atom. The predicted octanol–water partition coefficient (Wildman–Crippen LogP) is 3.96. The molecule has 2 aromatic rings. The molecule has 1 atom stereocenters. The number of fused-ring (bicyclic) bond motifs is 1. The van der Waals surface area contributed by atoms with Crippen LogP contribution in [-0.2, 0) is 22.4 Å². The highest BCUT2D eigenvalue weighted by atomic mass is 16.6. The standard InChI is InChI=1S/C30H39N7O3/c1-29(2,3)40-28(39)37-18-30(19-37)12-13-36(17-30)27-34-23-11-6-5-10-22(23)26(35-27)33-24(15-25(38)32-4)21-9-7-8-20(14-21)16-31/h7-9,14,24H,5-6,10-13,15,17-19H2,1-4H3,(H,32,38)(H,33,34,35)/t24-/m0/s1. The first-order valence-corrected chi connectivity index (χ1v) is 14.2. The van der Waals surface area contributed by atoms with Gasteiger partial charge in [0.05, 0.1) is 29.8 Å². The molecule has 2 N–H and O–H groups in total. The van der Waals surface area contributed by atoms with Crippen molar-refractivity contribution in [2.24, 2.45) is 5.41 Å². The third-order valence-electron chi connectivity index (χ3n) is 7.99. The van der Waals surface area contributed by atoms with E-state index >= 15 is 0 Å². The second-order valence-corrected chi connectivity index (χ2v) is 12.3. The average Bonchev–Trinajstić information content (AvgIpc) is 3.37. The molecule has 1 aliphatic carbocycles. The van der Waals surface area contributed by atoms with E-state index in [1.807, 2.05) is 39.0 Å². The first-order chi connectivity index (χ1) is 19.1. The molecule has 10 nitrogen and oxygen atoms in total. The molecule has 0 radical (unpaired) electrons. The molecule has 2 aliphatic heterocycles. The van der Waals surface area contributed by atoms with Gasteiger partial charge in [0, 0.05) is 44.2 Å². The van der Waals surface area contributed by atoms with Crippen LogP contribution in [0.3, 0.4) is 0 Å². The van der Waals surface area contributed by atoms with Crippen LogP contribution in [0.15, 0.2) is 24.3 Å². The summed E-state index contributed by atoms with van der Waals surface area (Å²) in [5.74, 6) is 1.37. The number of carbonyl (C=O) groups is 2. The number of nitriles is 1. The van der Waals surface area contributed by atoms with E-state index in [2.05, 4.69) is 21.6 Å². The molecular weight excluding hydrogens is 506 g/mol. The highest BCUT2D eigenvalue weighted by Gasteiger charge is 2.51. The summed E-state index contributed by atoms with van der Waals surface area (Å²) in [4.78, 5) is 39.0. The highest BCUT2D eigenvalue weighted by Crippen LogP contribution is 2.42. The zero-order valence-electron chi connectivity index (χ0n) is 23.9. The van der Waals surface area contributed by atoms with Crippen molar-refractivity contribution in [2.75, 3.05) is 43.4 Å². The Hall–Kier alpha value is -3.87. The highest BCUT2D eigenvalue weighted by molar-refractivity contribution is 5.77. The fourth-order valence-electron chi connectivity index (χ4n) is 5.95. The normalized spacial score (nSPS) is 18.4. The lowest BCUT2D eigenvalue weighted by Crippen LogP contribution is -2.60. The van der Waals surface area contributed by atoms with Crippen LogP contribution in [0.1, 0.15) is 74.9 Å². The van der Waals surface area contributed by atoms with Gasteiger partial charge in [-0.2, -0.15) is 10.2 Å². The Morgan fingerprint density at radius 2 is 1.95 bits per heavy atom. The van der Waals surface area contributed by atoms with Crippen LogP contribution in [0.2, 0.25) is 0 Å². The Kier molecular flexibility index (Phi) is 7.58. The number of carbonyl (C=O) groups excluding carboxylic acids is 2. The SMILES string of the molecule is CNC(=O)C[C@H](Nc1nc(N2CCC3(CN(C(=O)OC(C)(C)C)C3)C2)nc2c1CCCC2)c1cccc(C#N)c1. The minimum atomic E-state index is -0.506. The zero-order valence-corrected chi connectivity index (χ0v) is 23.9. The number of likely N-dealkylation sites (tertiary alicyclic amines) is 1. The van der Waals surface area contributed by atoms with E-state index in [1.165, 1.54) is 0 Å². The van der Waals surface area contributed by atoms with Gasteiger partial charge in [-0.3, -0.25) is 4.79 Å². The van der Waals surface area contributed by atoms with Gasteiger partial charge in [0.25, 0.3) is 0 Å². The molecule has 0 bridgehead atoms. The lowest BCUT2D eigenvalue weighted by molar-refractivity contribution is -0.120. The number of hydrogen-bond acceptors (Lipinski definition) is 8. The number of aromatic nitrogens is 2. The van der Waals surface area contributed by atoms with E-state index in [0.29, 0.717) is 24.6 Å². The Morgan fingerprint density at radius 1 is 1.18 bits per heavy atom. The number of amides is 2. The zero-order chi connectivity index (χ0) is 28.5. The van der Waals surface area contributed by atoms with E-state index in [9.17, 15) is 14.9 Å². The summed E-state index contributed by atoms with van der Waals surface area (Å²) in [7, 11) is 1.63. The maximum atomic E-state index is 12.5. The second-order valence-electron chi connectivity index (χ2n) is 12.3. The molecule has 2 saturated heterocycles. The second kappa shape index (κ2) is 11.0. The molecule has 5 rings (SSSR count). The van der Waals surface area contributed by atoms with Crippen molar-refractivity contribution in [1.29, 1.82) is 5.26 Å². The Balaban J connectivity index is 1.38. The van der Waals surface area contributed by atoms with Gasteiger partial charge < -0.3 is 25.2 Å². The summed E-state index contributed by atoms with van der Waals surface area (Å²) in [6.45, 7) is 8.63. The van der Waals surface area contributed by atoms with Gasteiger partial charge in [-0.05, 0) is 70.6 Å². The summed E-state index contributed by atoms with van der Waals surface area (Å²) in [6, 6.07) is 9.22. The molecule has 3 heterocycles. The quantitative estimate of drug-likeness (QED) is 0.559. The summed E-state index contributed by atoms with van der Waals surface area (Å²) in [6.07, 6.45) is 4.87. The van der Waals surface area contributed by atoms with Crippen LogP contribution < -0.4 is 15.5 Å². The molecule has 2 amide bonds. The molecule has 212 valence electrons. The Bertz CT molecular complexity index is 1320. The first kappa shape index (κ1) is 27.7. The monoisotopic (exact) mass is 545 g/mol. The van der Waals surface area contributed by atoms with Crippen LogP contribution in [0.5, 0.6) is 0 Å². The van der Waals surface area contributed by atoms with Gasteiger partial charge in [-0.1, -0.05) is 12.1 Å². The van der Waals surface area contributed by atoms with Crippen LogP contribution in [-0.4, -0.2) is 65.7 Å². The number of nitrogens with one attached hydrogen (secondary N) is 2. The van der Waals surface area contributed by atoms with Crippen molar-refractivity contribution < 1.29 is 14.3 Å². The van der Waals surface area contributed by atoms with Crippen LogP contribution >= 0.6 is 0 Å². The molecule has 0 unspecified atom stereocenters. The van der Waals surface area contributed by atoms with Gasteiger partial charge in [-0.15, -0.1) is 0 Å². The molecule has 1 spiro atoms. The molecule has 1 aromatic carbocycles. The number of rotatable bonds is 6. The molecule has 40 heavy (non-hydrogen) atoms. The van der Waals surface area contributed by atoms with Gasteiger partial charge in [0.15, 0.2) is 0 Å². The van der Waals surface area contributed by atoms with E-state index < -0.39 is 5.60 Å². The number of aryl methyl sites for hydroxylation is 1. The number of nitrogens with zero attached hydrogens (tertiary/aromatic N) is 5. The van der Waals surface area contributed by atoms with Crippen LogP contribution in [0.4, 0.5) is 16.6 Å². The summed E-state index contributed by atoms with van der Waals surface area (Å²) < 4.78 is 5.55. The number of ether oxygens (including phenoxy) is 1. The third-order valence-corrected chi connectivity index (χ3v) is 7.99. The van der Waals surface area contributed by atoms with Crippen molar-refractivity contribution in [2.45, 2.75) is 70.9 Å². The minimum absolute atomic E-state index is 0.0310. The lowest BCUT2D eigenvalue weighted by Gasteiger charge is -2.47. The third kappa shape index (κ3) is 5.98.